The molecule has 34 heavy (non-hydrogen) atoms. The third-order valence-corrected chi connectivity index (χ3v) is 7.56. The van der Waals surface area contributed by atoms with Crippen LogP contribution in [-0.2, 0) is 19.6 Å². The van der Waals surface area contributed by atoms with E-state index in [9.17, 15) is 26.8 Å². The molecular weight excluding hydrogens is 468 g/mol. The van der Waals surface area contributed by atoms with Crippen molar-refractivity contribution in [2.45, 2.75) is 31.6 Å². The Morgan fingerprint density at radius 1 is 1.06 bits per heavy atom. The van der Waals surface area contributed by atoms with E-state index < -0.39 is 40.1 Å². The van der Waals surface area contributed by atoms with E-state index in [-0.39, 0.29) is 29.2 Å². The molecule has 1 aliphatic heterocycles. The lowest BCUT2D eigenvalue weighted by Gasteiger charge is -2.23. The summed E-state index contributed by atoms with van der Waals surface area (Å²) in [5.41, 5.74) is 0.142. The van der Waals surface area contributed by atoms with E-state index in [4.69, 9.17) is 4.74 Å². The average Bonchev–Trinajstić information content (AvgIpc) is 3.35. The molecule has 1 N–H and O–H groups in total. The van der Waals surface area contributed by atoms with Gasteiger partial charge in [-0.3, -0.25) is 4.79 Å². The standard InChI is InChI=1S/C23H27F2N3O5S/c1-3-28(4-2)34(31,32)17-8-10-21(27-11-5-6-12-27)18(14-17)23(30)33-15-22(29)26-20-13-16(24)7-9-19(20)25/h7-10,13-14H,3-6,11-12,15H2,1-2H3,(H,26,29). The second-order valence-corrected chi connectivity index (χ2v) is 9.65. The number of anilines is 2. The summed E-state index contributed by atoms with van der Waals surface area (Å²) in [6.07, 6.45) is 1.85. The first-order valence-electron chi connectivity index (χ1n) is 11.0. The molecule has 0 aromatic heterocycles. The van der Waals surface area contributed by atoms with Crippen LogP contribution in [0.3, 0.4) is 0 Å². The highest BCUT2D eigenvalue weighted by molar-refractivity contribution is 7.89. The molecule has 8 nitrogen and oxygen atoms in total. The maximum absolute atomic E-state index is 13.7. The fourth-order valence-electron chi connectivity index (χ4n) is 3.77. The smallest absolute Gasteiger partial charge is 0.340 e. The normalized spacial score (nSPS) is 13.9. The van der Waals surface area contributed by atoms with Crippen LogP contribution in [0.1, 0.15) is 37.0 Å². The van der Waals surface area contributed by atoms with Crippen molar-refractivity contribution in [3.05, 3.63) is 53.6 Å². The molecule has 1 saturated heterocycles. The second-order valence-electron chi connectivity index (χ2n) is 7.71. The van der Waals surface area contributed by atoms with E-state index in [2.05, 4.69) is 5.32 Å². The van der Waals surface area contributed by atoms with Crippen LogP contribution in [0.2, 0.25) is 0 Å². The van der Waals surface area contributed by atoms with Gasteiger partial charge in [0.15, 0.2) is 6.61 Å². The van der Waals surface area contributed by atoms with Gasteiger partial charge in [0.2, 0.25) is 10.0 Å². The minimum Gasteiger partial charge on any atom is -0.452 e. The largest absolute Gasteiger partial charge is 0.452 e. The van der Waals surface area contributed by atoms with Gasteiger partial charge in [0.05, 0.1) is 21.8 Å². The van der Waals surface area contributed by atoms with Gasteiger partial charge >= 0.3 is 5.97 Å². The van der Waals surface area contributed by atoms with Crippen molar-refractivity contribution in [3.63, 3.8) is 0 Å². The van der Waals surface area contributed by atoms with E-state index in [0.717, 1.165) is 31.0 Å². The number of sulfonamides is 1. The van der Waals surface area contributed by atoms with Crippen molar-refractivity contribution in [2.75, 3.05) is 43.0 Å². The quantitative estimate of drug-likeness (QED) is 0.536. The number of hydrogen-bond donors (Lipinski definition) is 1. The van der Waals surface area contributed by atoms with E-state index >= 15 is 0 Å². The molecule has 0 bridgehead atoms. The Morgan fingerprint density at radius 2 is 1.74 bits per heavy atom. The van der Waals surface area contributed by atoms with Gasteiger partial charge in [-0.1, -0.05) is 13.8 Å². The number of carbonyl (C=O) groups is 2. The number of halogens is 2. The number of carbonyl (C=O) groups excluding carboxylic acids is 2. The molecule has 2 aromatic rings. The molecule has 0 radical (unpaired) electrons. The molecule has 0 spiro atoms. The first kappa shape index (κ1) is 25.6. The maximum Gasteiger partial charge on any atom is 0.340 e. The topological polar surface area (TPSA) is 96.0 Å². The number of amides is 1. The minimum atomic E-state index is -3.83. The van der Waals surface area contributed by atoms with Gasteiger partial charge in [0.25, 0.3) is 5.91 Å². The zero-order valence-corrected chi connectivity index (χ0v) is 19.8. The summed E-state index contributed by atoms with van der Waals surface area (Å²) in [5.74, 6) is -3.34. The predicted octanol–water partition coefficient (Wildman–Crippen LogP) is 3.39. The van der Waals surface area contributed by atoms with Crippen molar-refractivity contribution in [3.8, 4) is 0 Å². The summed E-state index contributed by atoms with van der Waals surface area (Å²) < 4.78 is 59.4. The third-order valence-electron chi connectivity index (χ3n) is 5.51. The minimum absolute atomic E-state index is 0.0138. The Labute approximate surface area is 197 Å². The van der Waals surface area contributed by atoms with E-state index in [1.165, 1.54) is 16.4 Å². The molecule has 3 rings (SSSR count). The molecular formula is C23H27F2N3O5S. The Balaban J connectivity index is 1.83. The van der Waals surface area contributed by atoms with Crippen molar-refractivity contribution >= 4 is 33.3 Å². The van der Waals surface area contributed by atoms with Gasteiger partial charge in [0.1, 0.15) is 11.6 Å². The van der Waals surface area contributed by atoms with Gasteiger partial charge in [-0.25, -0.2) is 22.0 Å². The summed E-state index contributed by atoms with van der Waals surface area (Å²) in [7, 11) is -3.83. The van der Waals surface area contributed by atoms with Crippen molar-refractivity contribution in [1.29, 1.82) is 0 Å². The fraction of sp³-hybridized carbons (Fsp3) is 0.391. The fourth-order valence-corrected chi connectivity index (χ4v) is 5.26. The van der Waals surface area contributed by atoms with Crippen LogP contribution in [0.5, 0.6) is 0 Å². The lowest BCUT2D eigenvalue weighted by molar-refractivity contribution is -0.119. The number of ether oxygens (including phenoxy) is 1. The Bertz CT molecular complexity index is 1160. The summed E-state index contributed by atoms with van der Waals surface area (Å²) >= 11 is 0. The SMILES string of the molecule is CCN(CC)S(=O)(=O)c1ccc(N2CCCC2)c(C(=O)OCC(=O)Nc2cc(F)ccc2F)c1. The zero-order valence-electron chi connectivity index (χ0n) is 19.0. The molecule has 0 unspecified atom stereocenters. The molecule has 184 valence electrons. The van der Waals surface area contributed by atoms with E-state index in [1.54, 1.807) is 19.9 Å². The van der Waals surface area contributed by atoms with E-state index in [1.807, 2.05) is 4.90 Å². The number of benzene rings is 2. The molecule has 0 atom stereocenters. The van der Waals surface area contributed by atoms with Crippen LogP contribution in [0.4, 0.5) is 20.2 Å². The second kappa shape index (κ2) is 10.9. The molecule has 0 saturated carbocycles. The number of rotatable bonds is 9. The van der Waals surface area contributed by atoms with Gasteiger partial charge in [-0.05, 0) is 43.2 Å². The summed E-state index contributed by atoms with van der Waals surface area (Å²) in [4.78, 5) is 27.0. The molecule has 1 fully saturated rings. The van der Waals surface area contributed by atoms with Crippen molar-refractivity contribution in [2.24, 2.45) is 0 Å². The number of esters is 1. The van der Waals surface area contributed by atoms with E-state index in [0.29, 0.717) is 18.8 Å². The van der Waals surface area contributed by atoms with Gasteiger partial charge in [-0.2, -0.15) is 4.31 Å². The van der Waals surface area contributed by atoms with Crippen LogP contribution < -0.4 is 10.2 Å². The molecule has 11 heteroatoms. The molecule has 2 aromatic carbocycles. The van der Waals surface area contributed by atoms with Crippen LogP contribution in [0.25, 0.3) is 0 Å². The van der Waals surface area contributed by atoms with Crippen LogP contribution in [0.15, 0.2) is 41.3 Å². The molecule has 1 aliphatic rings. The highest BCUT2D eigenvalue weighted by Crippen LogP contribution is 2.29. The summed E-state index contributed by atoms with van der Waals surface area (Å²) in [6.45, 7) is 4.60. The lowest BCUT2D eigenvalue weighted by Crippen LogP contribution is -2.31. The maximum atomic E-state index is 13.7. The lowest BCUT2D eigenvalue weighted by atomic mass is 10.1. The first-order valence-corrected chi connectivity index (χ1v) is 12.4. The molecule has 1 heterocycles. The monoisotopic (exact) mass is 495 g/mol. The molecule has 1 amide bonds. The Hall–Kier alpha value is -3.05. The molecule has 0 aliphatic carbocycles. The summed E-state index contributed by atoms with van der Waals surface area (Å²) in [6, 6.07) is 6.86. The predicted molar refractivity (Wildman–Crippen MR) is 123 cm³/mol. The summed E-state index contributed by atoms with van der Waals surface area (Å²) in [5, 5.41) is 2.15. The van der Waals surface area contributed by atoms with Gasteiger partial charge < -0.3 is 15.0 Å². The number of nitrogens with zero attached hydrogens (tertiary/aromatic N) is 2. The van der Waals surface area contributed by atoms with Gasteiger partial charge in [0, 0.05) is 32.2 Å². The number of hydrogen-bond acceptors (Lipinski definition) is 6. The zero-order chi connectivity index (χ0) is 24.9. The van der Waals surface area contributed by atoms with Crippen LogP contribution >= 0.6 is 0 Å². The third kappa shape index (κ3) is 5.71. The van der Waals surface area contributed by atoms with Crippen LogP contribution in [-0.4, -0.2) is 57.4 Å². The number of nitrogens with one attached hydrogen (secondary N) is 1. The van der Waals surface area contributed by atoms with Crippen molar-refractivity contribution in [1.82, 2.24) is 4.31 Å². The first-order chi connectivity index (χ1) is 16.2. The highest BCUT2D eigenvalue weighted by Gasteiger charge is 2.27. The average molecular weight is 496 g/mol. The highest BCUT2D eigenvalue weighted by atomic mass is 32.2. The van der Waals surface area contributed by atoms with Crippen LogP contribution in [0, 0.1) is 11.6 Å². The van der Waals surface area contributed by atoms with Gasteiger partial charge in [-0.15, -0.1) is 0 Å². The Kier molecular flexibility index (Phi) is 8.21. The van der Waals surface area contributed by atoms with Crippen molar-refractivity contribution < 1.29 is 31.5 Å². The Morgan fingerprint density at radius 3 is 2.38 bits per heavy atom.